The van der Waals surface area contributed by atoms with Crippen LogP contribution in [0.1, 0.15) is 56.3 Å². The first kappa shape index (κ1) is 16.3. The van der Waals surface area contributed by atoms with Crippen LogP contribution in [0.3, 0.4) is 0 Å². The number of methoxy groups -OCH3 is 1. The number of aliphatic hydroxyl groups is 1. The lowest BCUT2D eigenvalue weighted by molar-refractivity contribution is 0.0998. The lowest BCUT2D eigenvalue weighted by Gasteiger charge is -2.35. The number of likely N-dealkylation sites (tertiary alicyclic amines) is 1. The second-order valence-electron chi connectivity index (χ2n) is 6.14. The highest BCUT2D eigenvalue weighted by atomic mass is 16.5. The predicted molar refractivity (Wildman–Crippen MR) is 86.8 cm³/mol. The molecule has 0 aromatic heterocycles. The van der Waals surface area contributed by atoms with E-state index < -0.39 is 6.10 Å². The first-order valence-corrected chi connectivity index (χ1v) is 8.22. The largest absolute Gasteiger partial charge is 0.496 e. The molecular weight excluding hydrogens is 262 g/mol. The minimum absolute atomic E-state index is 0.445. The van der Waals surface area contributed by atoms with Crippen molar-refractivity contribution in [2.45, 2.75) is 58.1 Å². The Morgan fingerprint density at radius 1 is 1.38 bits per heavy atom. The van der Waals surface area contributed by atoms with E-state index in [0.29, 0.717) is 6.04 Å². The maximum Gasteiger partial charge on any atom is 0.124 e. The summed E-state index contributed by atoms with van der Waals surface area (Å²) >= 11 is 0. The van der Waals surface area contributed by atoms with Crippen molar-refractivity contribution in [2.75, 3.05) is 20.2 Å². The van der Waals surface area contributed by atoms with Crippen LogP contribution in [0.2, 0.25) is 0 Å². The molecule has 0 saturated carbocycles. The molecule has 1 aromatic rings. The molecule has 1 heterocycles. The first-order chi connectivity index (χ1) is 10.2. The molecule has 2 atom stereocenters. The van der Waals surface area contributed by atoms with E-state index in [1.165, 1.54) is 32.2 Å². The molecule has 1 fully saturated rings. The highest BCUT2D eigenvalue weighted by Gasteiger charge is 2.22. The van der Waals surface area contributed by atoms with E-state index in [9.17, 15) is 5.11 Å². The Balaban J connectivity index is 1.97. The van der Waals surface area contributed by atoms with Crippen LogP contribution in [-0.2, 0) is 0 Å². The second-order valence-corrected chi connectivity index (χ2v) is 6.14. The van der Waals surface area contributed by atoms with E-state index in [4.69, 9.17) is 4.74 Å². The molecule has 0 aliphatic carbocycles. The Labute approximate surface area is 128 Å². The molecule has 1 aliphatic heterocycles. The maximum absolute atomic E-state index is 10.5. The van der Waals surface area contributed by atoms with Crippen LogP contribution in [0.25, 0.3) is 0 Å². The Kier molecular flexibility index (Phi) is 6.07. The number of aryl methyl sites for hydroxylation is 1. The maximum atomic E-state index is 10.5. The highest BCUT2D eigenvalue weighted by Crippen LogP contribution is 2.29. The monoisotopic (exact) mass is 291 g/mol. The Morgan fingerprint density at radius 2 is 2.19 bits per heavy atom. The SMILES string of the molecule is CCC1CCCCN1CCC(O)c1cc(C)ccc1OC. The third-order valence-corrected chi connectivity index (χ3v) is 4.65. The lowest BCUT2D eigenvalue weighted by atomic mass is 9.98. The van der Waals surface area contributed by atoms with E-state index in [0.717, 1.165) is 29.8 Å². The highest BCUT2D eigenvalue weighted by molar-refractivity contribution is 5.38. The van der Waals surface area contributed by atoms with Crippen molar-refractivity contribution in [2.24, 2.45) is 0 Å². The Bertz CT molecular complexity index is 447. The fourth-order valence-corrected chi connectivity index (χ4v) is 3.37. The summed E-state index contributed by atoms with van der Waals surface area (Å²) in [5, 5.41) is 10.5. The third-order valence-electron chi connectivity index (χ3n) is 4.65. The molecule has 0 radical (unpaired) electrons. The van der Waals surface area contributed by atoms with Crippen LogP contribution >= 0.6 is 0 Å². The number of aliphatic hydroxyl groups excluding tert-OH is 1. The van der Waals surface area contributed by atoms with Gasteiger partial charge < -0.3 is 14.7 Å². The summed E-state index contributed by atoms with van der Waals surface area (Å²) in [6.07, 6.45) is 5.49. The van der Waals surface area contributed by atoms with Gasteiger partial charge in [0.2, 0.25) is 0 Å². The number of ether oxygens (including phenoxy) is 1. The molecule has 1 aliphatic rings. The van der Waals surface area contributed by atoms with Gasteiger partial charge in [-0.15, -0.1) is 0 Å². The zero-order valence-corrected chi connectivity index (χ0v) is 13.6. The predicted octanol–water partition coefficient (Wildman–Crippen LogP) is 3.69. The summed E-state index contributed by atoms with van der Waals surface area (Å²) < 4.78 is 5.38. The van der Waals surface area contributed by atoms with E-state index in [1.54, 1.807) is 7.11 Å². The molecule has 0 spiro atoms. The summed E-state index contributed by atoms with van der Waals surface area (Å²) in [6.45, 7) is 6.46. The molecule has 118 valence electrons. The van der Waals surface area contributed by atoms with Gasteiger partial charge in [-0.3, -0.25) is 0 Å². The number of piperidine rings is 1. The topological polar surface area (TPSA) is 32.7 Å². The number of benzene rings is 1. The fraction of sp³-hybridized carbons (Fsp3) is 0.667. The van der Waals surface area contributed by atoms with Crippen LogP contribution in [0, 0.1) is 6.92 Å². The van der Waals surface area contributed by atoms with Crippen molar-refractivity contribution >= 4 is 0 Å². The summed E-state index contributed by atoms with van der Waals surface area (Å²) in [5.41, 5.74) is 2.08. The first-order valence-electron chi connectivity index (χ1n) is 8.22. The van der Waals surface area contributed by atoms with E-state index in [2.05, 4.69) is 11.8 Å². The van der Waals surface area contributed by atoms with Crippen molar-refractivity contribution in [3.8, 4) is 5.75 Å². The Hall–Kier alpha value is -1.06. The molecule has 1 saturated heterocycles. The van der Waals surface area contributed by atoms with Crippen molar-refractivity contribution in [3.05, 3.63) is 29.3 Å². The number of hydrogen-bond acceptors (Lipinski definition) is 3. The number of rotatable bonds is 6. The normalized spacial score (nSPS) is 21.2. The van der Waals surface area contributed by atoms with E-state index >= 15 is 0 Å². The zero-order chi connectivity index (χ0) is 15.2. The minimum atomic E-state index is -0.445. The van der Waals surface area contributed by atoms with Crippen LogP contribution in [0.4, 0.5) is 0 Å². The summed E-state index contributed by atoms with van der Waals surface area (Å²) in [6, 6.07) is 6.71. The molecule has 21 heavy (non-hydrogen) atoms. The second kappa shape index (κ2) is 7.81. The van der Waals surface area contributed by atoms with Gasteiger partial charge in [0.15, 0.2) is 0 Å². The molecule has 3 heteroatoms. The van der Waals surface area contributed by atoms with Gasteiger partial charge in [0.1, 0.15) is 5.75 Å². The van der Waals surface area contributed by atoms with Gasteiger partial charge in [0.25, 0.3) is 0 Å². The molecule has 1 aromatic carbocycles. The zero-order valence-electron chi connectivity index (χ0n) is 13.6. The number of nitrogens with zero attached hydrogens (tertiary/aromatic N) is 1. The van der Waals surface area contributed by atoms with Crippen molar-refractivity contribution in [3.63, 3.8) is 0 Å². The molecule has 3 nitrogen and oxygen atoms in total. The quantitative estimate of drug-likeness (QED) is 0.867. The van der Waals surface area contributed by atoms with Gasteiger partial charge in [-0.05, 0) is 51.3 Å². The van der Waals surface area contributed by atoms with Gasteiger partial charge >= 0.3 is 0 Å². The van der Waals surface area contributed by atoms with Crippen molar-refractivity contribution < 1.29 is 9.84 Å². The molecule has 0 bridgehead atoms. The fourth-order valence-electron chi connectivity index (χ4n) is 3.37. The molecule has 2 rings (SSSR count). The molecule has 2 unspecified atom stereocenters. The standard InChI is InChI=1S/C18H29NO2/c1-4-15-7-5-6-11-19(15)12-10-17(20)16-13-14(2)8-9-18(16)21-3/h8-9,13,15,17,20H,4-7,10-12H2,1-3H3. The number of hydrogen-bond donors (Lipinski definition) is 1. The summed E-state index contributed by atoms with van der Waals surface area (Å²) in [4.78, 5) is 2.55. The summed E-state index contributed by atoms with van der Waals surface area (Å²) in [5.74, 6) is 0.791. The van der Waals surface area contributed by atoms with Crippen LogP contribution in [0.5, 0.6) is 5.75 Å². The van der Waals surface area contributed by atoms with E-state index in [-0.39, 0.29) is 0 Å². The third kappa shape index (κ3) is 4.21. The van der Waals surface area contributed by atoms with Gasteiger partial charge in [0.05, 0.1) is 13.2 Å². The lowest BCUT2D eigenvalue weighted by Crippen LogP contribution is -2.40. The molecule has 0 amide bonds. The smallest absolute Gasteiger partial charge is 0.124 e. The van der Waals surface area contributed by atoms with Gasteiger partial charge in [-0.25, -0.2) is 0 Å². The molecule has 1 N–H and O–H groups in total. The molecular formula is C18H29NO2. The average molecular weight is 291 g/mol. The van der Waals surface area contributed by atoms with Gasteiger partial charge in [-0.2, -0.15) is 0 Å². The minimum Gasteiger partial charge on any atom is -0.496 e. The van der Waals surface area contributed by atoms with Crippen LogP contribution in [0.15, 0.2) is 18.2 Å². The average Bonchev–Trinajstić information content (AvgIpc) is 2.52. The van der Waals surface area contributed by atoms with Crippen LogP contribution in [-0.4, -0.2) is 36.2 Å². The van der Waals surface area contributed by atoms with Crippen molar-refractivity contribution in [1.29, 1.82) is 0 Å². The van der Waals surface area contributed by atoms with Crippen molar-refractivity contribution in [1.82, 2.24) is 4.90 Å². The Morgan fingerprint density at radius 3 is 2.90 bits per heavy atom. The van der Waals surface area contributed by atoms with Gasteiger partial charge in [0, 0.05) is 18.2 Å². The van der Waals surface area contributed by atoms with E-state index in [1.807, 2.05) is 25.1 Å². The van der Waals surface area contributed by atoms with Crippen LogP contribution < -0.4 is 4.74 Å². The van der Waals surface area contributed by atoms with Gasteiger partial charge in [-0.1, -0.05) is 25.0 Å². The summed E-state index contributed by atoms with van der Waals surface area (Å²) in [7, 11) is 1.67.